The molecule has 0 aromatic heterocycles. The van der Waals surface area contributed by atoms with E-state index in [1.165, 1.54) is 11.6 Å². The van der Waals surface area contributed by atoms with Crippen LogP contribution in [0.3, 0.4) is 0 Å². The van der Waals surface area contributed by atoms with Crippen LogP contribution in [0, 0.1) is 5.92 Å². The second-order valence-electron chi connectivity index (χ2n) is 5.97. The van der Waals surface area contributed by atoms with Crippen molar-refractivity contribution in [2.45, 2.75) is 12.8 Å². The van der Waals surface area contributed by atoms with Crippen LogP contribution in [-0.4, -0.2) is 83.3 Å². The van der Waals surface area contributed by atoms with Gasteiger partial charge in [0.2, 0.25) is 17.5 Å². The maximum atomic E-state index is 12.1. The van der Waals surface area contributed by atoms with Gasteiger partial charge < -0.3 is 5.73 Å². The first kappa shape index (κ1) is 15.5. The van der Waals surface area contributed by atoms with E-state index in [1.807, 2.05) is 0 Å². The normalized spacial score (nSPS) is 23.1. The molecular formula is C14H19N6O3+. The van der Waals surface area contributed by atoms with Crippen molar-refractivity contribution in [3.05, 3.63) is 0 Å². The second-order valence-corrected chi connectivity index (χ2v) is 5.97. The summed E-state index contributed by atoms with van der Waals surface area (Å²) in [5.41, 5.74) is 5.53. The fraction of sp³-hybridized carbons (Fsp3) is 0.571. The highest BCUT2D eigenvalue weighted by atomic mass is 16.2. The Balaban J connectivity index is 1.72. The molecule has 0 aromatic rings. The molecule has 0 bridgehead atoms. The van der Waals surface area contributed by atoms with Crippen molar-refractivity contribution >= 4 is 35.2 Å². The Morgan fingerprint density at radius 1 is 1.30 bits per heavy atom. The topological polar surface area (TPSA) is 111 Å². The average Bonchev–Trinajstić information content (AvgIpc) is 2.95. The first-order valence-corrected chi connectivity index (χ1v) is 7.49. The summed E-state index contributed by atoms with van der Waals surface area (Å²) in [4.78, 5) is 47.0. The van der Waals surface area contributed by atoms with Gasteiger partial charge in [-0.2, -0.15) is 9.48 Å². The number of hydrogen-bond donors (Lipinski definition) is 1. The Bertz CT molecular complexity index is 685. The number of likely N-dealkylation sites (tertiary alicyclic amines) is 1. The maximum absolute atomic E-state index is 12.1. The smallest absolute Gasteiger partial charge is 0.369 e. The Kier molecular flexibility index (Phi) is 3.80. The van der Waals surface area contributed by atoms with Gasteiger partial charge in [0.05, 0.1) is 20.6 Å². The third-order valence-corrected chi connectivity index (χ3v) is 4.44. The van der Waals surface area contributed by atoms with Gasteiger partial charge in [0, 0.05) is 5.92 Å². The number of piperidine rings is 1. The van der Waals surface area contributed by atoms with Gasteiger partial charge in [-0.05, 0) is 25.9 Å². The van der Waals surface area contributed by atoms with Gasteiger partial charge in [-0.25, -0.2) is 14.6 Å². The number of rotatable bonds is 3. The number of carbonyl (C=O) groups excluding carboxylic acids is 3. The Labute approximate surface area is 133 Å². The van der Waals surface area contributed by atoms with Crippen LogP contribution in [0.2, 0.25) is 0 Å². The third kappa shape index (κ3) is 2.67. The fourth-order valence-electron chi connectivity index (χ4n) is 2.96. The predicted octanol–water partition coefficient (Wildman–Crippen LogP) is -1.33. The zero-order valence-corrected chi connectivity index (χ0v) is 13.2. The van der Waals surface area contributed by atoms with E-state index < -0.39 is 11.9 Å². The van der Waals surface area contributed by atoms with E-state index >= 15 is 0 Å². The zero-order valence-electron chi connectivity index (χ0n) is 13.2. The van der Waals surface area contributed by atoms with Crippen LogP contribution in [0.1, 0.15) is 12.8 Å². The summed E-state index contributed by atoms with van der Waals surface area (Å²) in [7, 11) is 2.99. The average molecular weight is 319 g/mol. The lowest BCUT2D eigenvalue weighted by atomic mass is 9.96. The molecule has 0 radical (unpaired) electrons. The zero-order chi connectivity index (χ0) is 16.7. The molecule has 9 heteroatoms. The van der Waals surface area contributed by atoms with Gasteiger partial charge in [-0.3, -0.25) is 9.69 Å². The Morgan fingerprint density at radius 3 is 2.57 bits per heavy atom. The molecule has 2 N–H and O–H groups in total. The first-order valence-electron chi connectivity index (χ1n) is 7.49. The molecule has 0 aromatic carbocycles. The molecule has 0 saturated carbocycles. The number of nitrogens with zero attached hydrogens (tertiary/aromatic N) is 5. The summed E-state index contributed by atoms with van der Waals surface area (Å²) in [6.45, 7) is 1.95. The molecule has 122 valence electrons. The summed E-state index contributed by atoms with van der Waals surface area (Å²) in [5.74, 6) is 0.0581. The summed E-state index contributed by atoms with van der Waals surface area (Å²) >= 11 is 0. The fourth-order valence-corrected chi connectivity index (χ4v) is 2.96. The summed E-state index contributed by atoms with van der Waals surface area (Å²) in [5, 5.41) is 0. The van der Waals surface area contributed by atoms with Crippen LogP contribution in [0.15, 0.2) is 9.98 Å². The number of nitrogens with two attached hydrogens (primary N) is 1. The molecule has 3 rings (SSSR count). The van der Waals surface area contributed by atoms with Crippen molar-refractivity contribution in [2.75, 3.05) is 33.7 Å². The molecule has 1 fully saturated rings. The standard InChI is InChI=1S/C14H18N6O3/c1-18-12-10(13(22)19(2)14(18)23)16-9(17-12)7-20-5-3-8(4-6-20)11(15)21/h8H,3-7H2,1-2H3,(H-,15,21)/p+1. The number of carbonyl (C=O) groups is 3. The van der Waals surface area contributed by atoms with Crippen LogP contribution in [0.5, 0.6) is 0 Å². The van der Waals surface area contributed by atoms with Crippen LogP contribution < -0.4 is 5.73 Å². The van der Waals surface area contributed by atoms with E-state index in [0.29, 0.717) is 18.2 Å². The SMILES string of the molecule is CN1C(=O)C2=NC(CN3CCC(C(N)=O)CC3)=NC2=[N+](C)C1=O. The predicted molar refractivity (Wildman–Crippen MR) is 82.6 cm³/mol. The summed E-state index contributed by atoms with van der Waals surface area (Å²) in [6, 6.07) is -0.420. The van der Waals surface area contributed by atoms with Crippen LogP contribution in [0.4, 0.5) is 4.79 Å². The molecule has 0 unspecified atom stereocenters. The molecular weight excluding hydrogens is 300 g/mol. The van der Waals surface area contributed by atoms with Crippen molar-refractivity contribution in [1.29, 1.82) is 0 Å². The van der Waals surface area contributed by atoms with Crippen molar-refractivity contribution in [3.8, 4) is 0 Å². The van der Waals surface area contributed by atoms with Crippen molar-refractivity contribution in [3.63, 3.8) is 0 Å². The minimum atomic E-state index is -0.436. The number of amidine groups is 2. The van der Waals surface area contributed by atoms with Crippen molar-refractivity contribution < 1.29 is 19.0 Å². The van der Waals surface area contributed by atoms with Gasteiger partial charge in [0.25, 0.3) is 0 Å². The highest BCUT2D eigenvalue weighted by Crippen LogP contribution is 2.17. The lowest BCUT2D eigenvalue weighted by Crippen LogP contribution is -2.51. The molecule has 1 saturated heterocycles. The van der Waals surface area contributed by atoms with Gasteiger partial charge in [0.15, 0.2) is 0 Å². The first-order chi connectivity index (χ1) is 10.9. The molecule has 3 aliphatic heterocycles. The van der Waals surface area contributed by atoms with Gasteiger partial charge >= 0.3 is 17.8 Å². The van der Waals surface area contributed by atoms with Gasteiger partial charge in [-0.1, -0.05) is 4.99 Å². The quantitative estimate of drug-likeness (QED) is 0.650. The van der Waals surface area contributed by atoms with E-state index in [1.54, 1.807) is 7.05 Å². The molecule has 3 heterocycles. The van der Waals surface area contributed by atoms with E-state index in [4.69, 9.17) is 5.73 Å². The van der Waals surface area contributed by atoms with Crippen LogP contribution in [-0.2, 0) is 9.59 Å². The summed E-state index contributed by atoms with van der Waals surface area (Å²) in [6.07, 6.45) is 1.44. The molecule has 23 heavy (non-hydrogen) atoms. The third-order valence-electron chi connectivity index (χ3n) is 4.44. The van der Waals surface area contributed by atoms with E-state index in [9.17, 15) is 14.4 Å². The largest absolute Gasteiger partial charge is 0.446 e. The number of hydrogen-bond acceptors (Lipinski definition) is 6. The van der Waals surface area contributed by atoms with Crippen molar-refractivity contribution in [2.24, 2.45) is 21.6 Å². The minimum Gasteiger partial charge on any atom is -0.369 e. The molecule has 0 aliphatic carbocycles. The second kappa shape index (κ2) is 5.65. The van der Waals surface area contributed by atoms with E-state index in [2.05, 4.69) is 14.9 Å². The van der Waals surface area contributed by atoms with Crippen LogP contribution in [0.25, 0.3) is 0 Å². The number of amides is 4. The van der Waals surface area contributed by atoms with Crippen molar-refractivity contribution in [1.82, 2.24) is 9.80 Å². The van der Waals surface area contributed by atoms with Gasteiger partial charge in [-0.15, -0.1) is 0 Å². The molecule has 4 amide bonds. The minimum absolute atomic E-state index is 0.0704. The highest BCUT2D eigenvalue weighted by molar-refractivity contribution is 6.70. The lowest BCUT2D eigenvalue weighted by molar-refractivity contribution is -0.401. The van der Waals surface area contributed by atoms with Crippen LogP contribution >= 0.6 is 0 Å². The van der Waals surface area contributed by atoms with E-state index in [-0.39, 0.29) is 17.5 Å². The number of aliphatic imine (C=N–C) groups is 2. The lowest BCUT2D eigenvalue weighted by Gasteiger charge is -2.29. The number of urea groups is 1. The Hall–Kier alpha value is -2.42. The molecule has 0 atom stereocenters. The highest BCUT2D eigenvalue weighted by Gasteiger charge is 2.44. The Morgan fingerprint density at radius 2 is 1.96 bits per heavy atom. The summed E-state index contributed by atoms with van der Waals surface area (Å²) < 4.78 is 1.33. The molecule has 3 aliphatic rings. The number of primary amides is 1. The maximum Gasteiger partial charge on any atom is 0.446 e. The number of fused-ring (bicyclic) bond motifs is 1. The monoisotopic (exact) mass is 319 g/mol. The number of imide groups is 1. The van der Waals surface area contributed by atoms with Gasteiger partial charge in [0.1, 0.15) is 0 Å². The van der Waals surface area contributed by atoms with E-state index in [0.717, 1.165) is 30.8 Å². The molecule has 0 spiro atoms. The molecule has 9 nitrogen and oxygen atoms in total.